The first-order valence-corrected chi connectivity index (χ1v) is 7.81. The summed E-state index contributed by atoms with van der Waals surface area (Å²) in [4.78, 5) is 27.5. The van der Waals surface area contributed by atoms with Crippen molar-refractivity contribution in [1.29, 1.82) is 0 Å². The minimum atomic E-state index is -1.24. The number of amides is 1. The van der Waals surface area contributed by atoms with Crippen molar-refractivity contribution in [3.8, 4) is 11.5 Å². The van der Waals surface area contributed by atoms with Crippen LogP contribution in [-0.4, -0.2) is 32.2 Å². The molecule has 3 N–H and O–H groups in total. The van der Waals surface area contributed by atoms with Crippen LogP contribution in [0, 0.1) is 5.82 Å². The van der Waals surface area contributed by atoms with Crippen molar-refractivity contribution < 1.29 is 28.7 Å². The van der Waals surface area contributed by atoms with E-state index < -0.39 is 24.3 Å². The number of benzene rings is 2. The minimum Gasteiger partial charge on any atom is -0.478 e. The maximum Gasteiger partial charge on any atom is 0.336 e. The first-order chi connectivity index (χ1) is 13.0. The van der Waals surface area contributed by atoms with Gasteiger partial charge in [0.25, 0.3) is 11.8 Å². The number of hydrogen-bond acceptors (Lipinski definition) is 6. The maximum atomic E-state index is 13.2. The number of aromatic carboxylic acids is 1. The van der Waals surface area contributed by atoms with Gasteiger partial charge < -0.3 is 20.1 Å². The van der Waals surface area contributed by atoms with E-state index >= 15 is 0 Å². The van der Waals surface area contributed by atoms with Gasteiger partial charge in [0.1, 0.15) is 5.82 Å². The maximum absolute atomic E-state index is 13.2. The quantitative estimate of drug-likeness (QED) is 0.605. The fraction of sp³-hybridized carbons (Fsp3) is 0.111. The monoisotopic (exact) mass is 371 g/mol. The third-order valence-electron chi connectivity index (χ3n) is 3.72. The largest absolute Gasteiger partial charge is 0.478 e. The lowest BCUT2D eigenvalue weighted by molar-refractivity contribution is 0.0693. The predicted octanol–water partition coefficient (Wildman–Crippen LogP) is 2.00. The average molecular weight is 371 g/mol. The predicted molar refractivity (Wildman–Crippen MR) is 90.2 cm³/mol. The highest BCUT2D eigenvalue weighted by atomic mass is 19.1. The first kappa shape index (κ1) is 18.2. The summed E-state index contributed by atoms with van der Waals surface area (Å²) in [6.45, 7) is -0.517. The van der Waals surface area contributed by atoms with Gasteiger partial charge in [0.2, 0.25) is 0 Å². The van der Waals surface area contributed by atoms with Crippen molar-refractivity contribution in [3.05, 3.63) is 70.8 Å². The number of carboxylic acid groups (broad SMARTS) is 1. The molecule has 0 aliphatic heterocycles. The molecule has 0 aliphatic carbocycles. The first-order valence-electron chi connectivity index (χ1n) is 7.81. The number of hydrogen-bond donors (Lipinski definition) is 3. The summed E-state index contributed by atoms with van der Waals surface area (Å²) in [6, 6.07) is 9.59. The van der Waals surface area contributed by atoms with Gasteiger partial charge in [-0.15, -0.1) is 0 Å². The number of aliphatic hydroxyl groups excluding tert-OH is 1. The fourth-order valence-corrected chi connectivity index (χ4v) is 2.38. The van der Waals surface area contributed by atoms with E-state index in [0.29, 0.717) is 5.56 Å². The van der Waals surface area contributed by atoms with Gasteiger partial charge in [0.15, 0.2) is 5.82 Å². The molecule has 0 saturated heterocycles. The number of nitrogens with one attached hydrogen (secondary N) is 1. The van der Waals surface area contributed by atoms with Crippen LogP contribution < -0.4 is 5.32 Å². The van der Waals surface area contributed by atoms with E-state index in [1.165, 1.54) is 36.4 Å². The Hall–Kier alpha value is -3.59. The highest BCUT2D eigenvalue weighted by Crippen LogP contribution is 2.18. The van der Waals surface area contributed by atoms with Crippen LogP contribution in [0.3, 0.4) is 0 Å². The SMILES string of the molecule is O=C(NCc1noc(-c2cccc(F)c2)n1)c1ccc(CO)c(C(=O)O)c1. The number of aliphatic hydroxyl groups is 1. The molecule has 1 heterocycles. The third-order valence-corrected chi connectivity index (χ3v) is 3.72. The standard InChI is InChI=1S/C18H14FN3O5/c19-13-3-1-2-11(6-13)17-21-15(22-27-17)8-20-16(24)10-4-5-12(9-23)14(7-10)18(25)26/h1-7,23H,8-9H2,(H,20,24)(H,25,26). The number of nitrogens with zero attached hydrogens (tertiary/aromatic N) is 2. The van der Waals surface area contributed by atoms with Crippen molar-refractivity contribution in [3.63, 3.8) is 0 Å². The Labute approximate surface area is 152 Å². The Balaban J connectivity index is 1.69. The van der Waals surface area contributed by atoms with Crippen LogP contribution in [0.15, 0.2) is 47.0 Å². The van der Waals surface area contributed by atoms with E-state index in [0.717, 1.165) is 0 Å². The lowest BCUT2D eigenvalue weighted by Gasteiger charge is -2.07. The molecule has 1 amide bonds. The zero-order valence-electron chi connectivity index (χ0n) is 13.8. The van der Waals surface area contributed by atoms with E-state index in [9.17, 15) is 14.0 Å². The van der Waals surface area contributed by atoms with Crippen LogP contribution in [0.4, 0.5) is 4.39 Å². The van der Waals surface area contributed by atoms with Crippen molar-refractivity contribution >= 4 is 11.9 Å². The molecule has 2 aromatic carbocycles. The second kappa shape index (κ2) is 7.75. The molecule has 0 saturated carbocycles. The van der Waals surface area contributed by atoms with Gasteiger partial charge in [-0.2, -0.15) is 4.98 Å². The van der Waals surface area contributed by atoms with E-state index in [1.54, 1.807) is 6.07 Å². The van der Waals surface area contributed by atoms with E-state index in [-0.39, 0.29) is 35.0 Å². The van der Waals surface area contributed by atoms with Crippen LogP contribution >= 0.6 is 0 Å². The van der Waals surface area contributed by atoms with E-state index in [2.05, 4.69) is 15.5 Å². The Morgan fingerprint density at radius 3 is 2.70 bits per heavy atom. The van der Waals surface area contributed by atoms with E-state index in [1.807, 2.05) is 0 Å². The summed E-state index contributed by atoms with van der Waals surface area (Å²) in [6.07, 6.45) is 0. The van der Waals surface area contributed by atoms with Gasteiger partial charge in [0.05, 0.1) is 18.7 Å². The molecule has 0 atom stereocenters. The molecule has 27 heavy (non-hydrogen) atoms. The molecule has 138 valence electrons. The molecule has 1 aromatic heterocycles. The highest BCUT2D eigenvalue weighted by Gasteiger charge is 2.15. The van der Waals surface area contributed by atoms with E-state index in [4.69, 9.17) is 14.7 Å². The van der Waals surface area contributed by atoms with Crippen molar-refractivity contribution in [2.75, 3.05) is 0 Å². The molecule has 8 nitrogen and oxygen atoms in total. The van der Waals surface area contributed by atoms with Gasteiger partial charge in [-0.25, -0.2) is 9.18 Å². The summed E-state index contributed by atoms with van der Waals surface area (Å²) in [7, 11) is 0. The zero-order chi connectivity index (χ0) is 19.4. The van der Waals surface area contributed by atoms with Crippen LogP contribution in [0.1, 0.15) is 32.1 Å². The molecule has 0 aliphatic rings. The van der Waals surface area contributed by atoms with Gasteiger partial charge in [-0.05, 0) is 35.9 Å². The van der Waals surface area contributed by atoms with Gasteiger partial charge in [-0.1, -0.05) is 17.3 Å². The summed E-state index contributed by atoms with van der Waals surface area (Å²) in [5.74, 6) is -1.95. The third kappa shape index (κ3) is 4.15. The van der Waals surface area contributed by atoms with Gasteiger partial charge in [-0.3, -0.25) is 4.79 Å². The molecular weight excluding hydrogens is 357 g/mol. The molecule has 0 unspecified atom stereocenters. The summed E-state index contributed by atoms with van der Waals surface area (Å²) in [5, 5.41) is 24.5. The van der Waals surface area contributed by atoms with Crippen LogP contribution in [-0.2, 0) is 13.2 Å². The average Bonchev–Trinajstić information content (AvgIpc) is 3.14. The summed E-state index contributed by atoms with van der Waals surface area (Å²) in [5.41, 5.74) is 0.569. The molecule has 9 heteroatoms. The number of halogens is 1. The highest BCUT2D eigenvalue weighted by molar-refractivity contribution is 5.98. The zero-order valence-corrected chi connectivity index (χ0v) is 13.8. The van der Waals surface area contributed by atoms with Crippen molar-refractivity contribution in [2.45, 2.75) is 13.2 Å². The Morgan fingerprint density at radius 1 is 1.19 bits per heavy atom. The van der Waals surface area contributed by atoms with Crippen molar-refractivity contribution in [2.24, 2.45) is 0 Å². The number of carbonyl (C=O) groups is 2. The van der Waals surface area contributed by atoms with Crippen LogP contribution in [0.5, 0.6) is 0 Å². The molecular formula is C18H14FN3O5. The van der Waals surface area contributed by atoms with Crippen molar-refractivity contribution in [1.82, 2.24) is 15.5 Å². The number of aromatic nitrogens is 2. The number of carbonyl (C=O) groups excluding carboxylic acids is 1. The second-order valence-electron chi connectivity index (χ2n) is 5.54. The molecule has 0 spiro atoms. The molecule has 0 radical (unpaired) electrons. The number of carboxylic acids is 1. The molecule has 0 bridgehead atoms. The minimum absolute atomic E-state index is 0.0677. The molecule has 3 aromatic rings. The molecule has 0 fully saturated rings. The normalized spacial score (nSPS) is 10.6. The summed E-state index contributed by atoms with van der Waals surface area (Å²) < 4.78 is 18.3. The Kier molecular flexibility index (Phi) is 5.23. The Bertz CT molecular complexity index is 1000. The number of rotatable bonds is 6. The second-order valence-corrected chi connectivity index (χ2v) is 5.54. The van der Waals surface area contributed by atoms with Crippen LogP contribution in [0.2, 0.25) is 0 Å². The van der Waals surface area contributed by atoms with Crippen LogP contribution in [0.25, 0.3) is 11.5 Å². The topological polar surface area (TPSA) is 126 Å². The summed E-state index contributed by atoms with van der Waals surface area (Å²) >= 11 is 0. The fourth-order valence-electron chi connectivity index (χ4n) is 2.38. The smallest absolute Gasteiger partial charge is 0.336 e. The lowest BCUT2D eigenvalue weighted by Crippen LogP contribution is -2.24. The lowest BCUT2D eigenvalue weighted by atomic mass is 10.0. The Morgan fingerprint density at radius 2 is 2.00 bits per heavy atom. The van der Waals surface area contributed by atoms with Gasteiger partial charge in [0, 0.05) is 11.1 Å². The molecule has 3 rings (SSSR count). The van der Waals surface area contributed by atoms with Gasteiger partial charge >= 0.3 is 5.97 Å².